The zero-order chi connectivity index (χ0) is 16.1. The number of carbonyl (C=O) groups excluding carboxylic acids is 2. The van der Waals surface area contributed by atoms with Gasteiger partial charge in [0.25, 0.3) is 0 Å². The van der Waals surface area contributed by atoms with Gasteiger partial charge in [0, 0.05) is 17.8 Å². The van der Waals surface area contributed by atoms with Gasteiger partial charge < -0.3 is 9.47 Å². The van der Waals surface area contributed by atoms with Gasteiger partial charge >= 0.3 is 11.9 Å². The first-order valence-corrected chi connectivity index (χ1v) is 8.10. The average Bonchev–Trinajstić information content (AvgIpc) is 2.54. The lowest BCUT2D eigenvalue weighted by molar-refractivity contribution is -0.147. The molecule has 0 radical (unpaired) electrons. The van der Waals surface area contributed by atoms with E-state index in [0.717, 1.165) is 25.7 Å². The first-order chi connectivity index (χ1) is 10.6. The number of hydrogen-bond acceptors (Lipinski definition) is 5. The highest BCUT2D eigenvalue weighted by Crippen LogP contribution is 2.41. The summed E-state index contributed by atoms with van der Waals surface area (Å²) in [6, 6.07) is 0. The summed E-state index contributed by atoms with van der Waals surface area (Å²) in [6.07, 6.45) is 7.21. The first kappa shape index (κ1) is 16.7. The van der Waals surface area contributed by atoms with E-state index in [2.05, 4.69) is 4.99 Å². The van der Waals surface area contributed by atoms with Crippen molar-refractivity contribution in [2.24, 2.45) is 22.7 Å². The van der Waals surface area contributed by atoms with Gasteiger partial charge in [0.05, 0.1) is 25.2 Å². The van der Waals surface area contributed by atoms with Gasteiger partial charge in [0.2, 0.25) is 0 Å². The third-order valence-corrected chi connectivity index (χ3v) is 4.66. The molecular formula is C17H25NO4. The van der Waals surface area contributed by atoms with Crippen molar-refractivity contribution in [1.29, 1.82) is 0 Å². The number of methoxy groups -OCH3 is 1. The summed E-state index contributed by atoms with van der Waals surface area (Å²) in [5, 5.41) is 0. The van der Waals surface area contributed by atoms with Crippen molar-refractivity contribution in [3.05, 3.63) is 11.3 Å². The summed E-state index contributed by atoms with van der Waals surface area (Å²) in [5.41, 5.74) is 1.21. The Morgan fingerprint density at radius 3 is 2.55 bits per heavy atom. The normalized spacial score (nSPS) is 26.0. The van der Waals surface area contributed by atoms with E-state index in [1.54, 1.807) is 20.1 Å². The van der Waals surface area contributed by atoms with Crippen molar-refractivity contribution in [3.8, 4) is 0 Å². The molecule has 0 spiro atoms. The highest BCUT2D eigenvalue weighted by atomic mass is 16.5. The molecule has 1 aliphatic heterocycles. The Bertz CT molecular complexity index is 489. The second-order valence-corrected chi connectivity index (χ2v) is 5.97. The second kappa shape index (κ2) is 7.56. The molecule has 2 rings (SSSR count). The predicted octanol–water partition coefficient (Wildman–Crippen LogP) is 2.89. The summed E-state index contributed by atoms with van der Waals surface area (Å²) in [7, 11) is 1.37. The molecule has 1 aliphatic carbocycles. The van der Waals surface area contributed by atoms with Crippen LogP contribution in [-0.2, 0) is 19.1 Å². The van der Waals surface area contributed by atoms with E-state index >= 15 is 0 Å². The quantitative estimate of drug-likeness (QED) is 0.749. The Morgan fingerprint density at radius 1 is 1.27 bits per heavy atom. The molecule has 1 heterocycles. The van der Waals surface area contributed by atoms with Crippen molar-refractivity contribution in [3.63, 3.8) is 0 Å². The van der Waals surface area contributed by atoms with Gasteiger partial charge in [-0.15, -0.1) is 0 Å². The van der Waals surface area contributed by atoms with Crippen molar-refractivity contribution >= 4 is 18.2 Å². The molecule has 0 bridgehead atoms. The maximum absolute atomic E-state index is 12.3. The Hall–Kier alpha value is -1.65. The van der Waals surface area contributed by atoms with Crippen molar-refractivity contribution in [1.82, 2.24) is 0 Å². The Balaban J connectivity index is 2.36. The minimum atomic E-state index is -0.485. The molecule has 1 saturated carbocycles. The van der Waals surface area contributed by atoms with Crippen LogP contribution in [0.2, 0.25) is 0 Å². The zero-order valence-electron chi connectivity index (χ0n) is 13.6. The van der Waals surface area contributed by atoms with Gasteiger partial charge in [-0.05, 0) is 32.6 Å². The van der Waals surface area contributed by atoms with E-state index in [0.29, 0.717) is 23.8 Å². The molecule has 0 saturated heterocycles. The van der Waals surface area contributed by atoms with Crippen LogP contribution in [0.3, 0.4) is 0 Å². The van der Waals surface area contributed by atoms with Crippen molar-refractivity contribution < 1.29 is 19.1 Å². The predicted molar refractivity (Wildman–Crippen MR) is 83.4 cm³/mol. The van der Waals surface area contributed by atoms with Gasteiger partial charge in [-0.2, -0.15) is 0 Å². The van der Waals surface area contributed by atoms with Crippen LogP contribution in [0.15, 0.2) is 16.3 Å². The fourth-order valence-electron chi connectivity index (χ4n) is 3.64. The lowest BCUT2D eigenvalue weighted by Crippen LogP contribution is -2.39. The SMILES string of the molecule is CCOC(=O)C1C=NC(C)=C(C(=O)OC)[C@@H]1C1CCCCC1. The molecule has 0 aromatic heterocycles. The molecule has 1 fully saturated rings. The van der Waals surface area contributed by atoms with Crippen LogP contribution < -0.4 is 0 Å². The molecule has 0 N–H and O–H groups in total. The van der Waals surface area contributed by atoms with E-state index in [1.165, 1.54) is 13.5 Å². The third-order valence-electron chi connectivity index (χ3n) is 4.66. The van der Waals surface area contributed by atoms with Crippen LogP contribution in [0.5, 0.6) is 0 Å². The lowest BCUT2D eigenvalue weighted by Gasteiger charge is -2.36. The number of ether oxygens (including phenoxy) is 2. The summed E-state index contributed by atoms with van der Waals surface area (Å²) < 4.78 is 10.1. The molecule has 2 aliphatic rings. The van der Waals surface area contributed by atoms with Crippen LogP contribution in [0, 0.1) is 17.8 Å². The summed E-state index contributed by atoms with van der Waals surface area (Å²) in [6.45, 7) is 3.92. The largest absolute Gasteiger partial charge is 0.466 e. The van der Waals surface area contributed by atoms with Gasteiger partial charge in [-0.3, -0.25) is 9.79 Å². The minimum absolute atomic E-state index is 0.177. The minimum Gasteiger partial charge on any atom is -0.466 e. The van der Waals surface area contributed by atoms with Crippen LogP contribution in [0.4, 0.5) is 0 Å². The molecule has 2 atom stereocenters. The molecule has 5 heteroatoms. The van der Waals surface area contributed by atoms with Crippen LogP contribution in [0.1, 0.15) is 46.0 Å². The smallest absolute Gasteiger partial charge is 0.335 e. The monoisotopic (exact) mass is 307 g/mol. The van der Waals surface area contributed by atoms with E-state index in [9.17, 15) is 9.59 Å². The number of aliphatic imine (C=N–C) groups is 1. The van der Waals surface area contributed by atoms with Crippen LogP contribution in [-0.4, -0.2) is 31.9 Å². The van der Waals surface area contributed by atoms with E-state index in [1.807, 2.05) is 0 Å². The number of carbonyl (C=O) groups is 2. The molecule has 122 valence electrons. The highest BCUT2D eigenvalue weighted by Gasteiger charge is 2.42. The fraction of sp³-hybridized carbons (Fsp3) is 0.706. The lowest BCUT2D eigenvalue weighted by atomic mass is 9.69. The Labute approximate surface area is 131 Å². The first-order valence-electron chi connectivity index (χ1n) is 8.10. The molecule has 5 nitrogen and oxygen atoms in total. The topological polar surface area (TPSA) is 65.0 Å². The second-order valence-electron chi connectivity index (χ2n) is 5.97. The van der Waals surface area contributed by atoms with Crippen molar-refractivity contribution in [2.75, 3.05) is 13.7 Å². The average molecular weight is 307 g/mol. The Kier molecular flexibility index (Phi) is 5.75. The van der Waals surface area contributed by atoms with E-state index in [-0.39, 0.29) is 17.9 Å². The number of nitrogens with zero attached hydrogens (tertiary/aromatic N) is 1. The van der Waals surface area contributed by atoms with E-state index < -0.39 is 5.92 Å². The number of hydrogen-bond donors (Lipinski definition) is 0. The number of allylic oxidation sites excluding steroid dienone is 1. The molecule has 0 aromatic carbocycles. The fourth-order valence-corrected chi connectivity index (χ4v) is 3.64. The van der Waals surface area contributed by atoms with Crippen LogP contribution >= 0.6 is 0 Å². The summed E-state index contributed by atoms with van der Waals surface area (Å²) in [5.74, 6) is -1.03. The molecule has 22 heavy (non-hydrogen) atoms. The molecular weight excluding hydrogens is 282 g/mol. The third kappa shape index (κ3) is 3.39. The maximum Gasteiger partial charge on any atom is 0.335 e. The maximum atomic E-state index is 12.3. The van der Waals surface area contributed by atoms with Crippen LogP contribution in [0.25, 0.3) is 0 Å². The number of esters is 2. The van der Waals surface area contributed by atoms with Gasteiger partial charge in [0.1, 0.15) is 0 Å². The number of rotatable bonds is 4. The molecule has 0 amide bonds. The van der Waals surface area contributed by atoms with Gasteiger partial charge in [0.15, 0.2) is 0 Å². The molecule has 0 aromatic rings. The summed E-state index contributed by atoms with van der Waals surface area (Å²) >= 11 is 0. The standard InChI is InChI=1S/C17H25NO4/c1-4-22-16(19)13-10-18-11(2)14(17(20)21-3)15(13)12-8-6-5-7-9-12/h10,12-13,15H,4-9H2,1-3H3/t13?,15-/m1/s1. The highest BCUT2D eigenvalue weighted by molar-refractivity contribution is 5.98. The van der Waals surface area contributed by atoms with Crippen molar-refractivity contribution in [2.45, 2.75) is 46.0 Å². The van der Waals surface area contributed by atoms with E-state index in [4.69, 9.17) is 9.47 Å². The Morgan fingerprint density at radius 2 is 1.95 bits per heavy atom. The zero-order valence-corrected chi connectivity index (χ0v) is 13.6. The van der Waals surface area contributed by atoms with Gasteiger partial charge in [-0.1, -0.05) is 19.3 Å². The summed E-state index contributed by atoms with van der Waals surface area (Å²) in [4.78, 5) is 28.8. The van der Waals surface area contributed by atoms with Gasteiger partial charge in [-0.25, -0.2) is 4.79 Å². The molecule has 1 unspecified atom stereocenters.